The van der Waals surface area contributed by atoms with Gasteiger partial charge < -0.3 is 9.30 Å². The summed E-state index contributed by atoms with van der Waals surface area (Å²) in [7, 11) is -4.29. The number of aryl methyl sites for hydroxylation is 2. The van der Waals surface area contributed by atoms with Crippen LogP contribution >= 0.6 is 0 Å². The second-order valence-corrected chi connectivity index (χ2v) is 14.7. The zero-order chi connectivity index (χ0) is 34.5. The van der Waals surface area contributed by atoms with Crippen LogP contribution in [0.2, 0.25) is 0 Å². The maximum atomic E-state index is 12.0. The summed E-state index contributed by atoms with van der Waals surface area (Å²) in [6.45, 7) is 6.71. The number of rotatable bonds is 13. The van der Waals surface area contributed by atoms with Gasteiger partial charge in [-0.15, -0.1) is 0 Å². The maximum absolute atomic E-state index is 12.0. The fraction of sp³-hybridized carbons (Fsp3) is 0.214. The highest BCUT2D eigenvalue weighted by Crippen LogP contribution is 2.42. The van der Waals surface area contributed by atoms with Crippen molar-refractivity contribution in [2.45, 2.75) is 50.5 Å². The van der Waals surface area contributed by atoms with Crippen molar-refractivity contribution in [3.05, 3.63) is 174 Å². The van der Waals surface area contributed by atoms with Gasteiger partial charge in [-0.1, -0.05) is 135 Å². The van der Waals surface area contributed by atoms with E-state index in [1.54, 1.807) is 6.07 Å². The largest absolute Gasteiger partial charge is 0.493 e. The molecule has 0 saturated carbocycles. The highest BCUT2D eigenvalue weighted by atomic mass is 32.2. The summed E-state index contributed by atoms with van der Waals surface area (Å²) in [5, 5.41) is 0. The Hall–Kier alpha value is -4.98. The van der Waals surface area contributed by atoms with E-state index in [4.69, 9.17) is 9.72 Å². The lowest BCUT2D eigenvalue weighted by Gasteiger charge is -2.37. The molecular weight excluding hydrogens is 629 g/mol. The summed E-state index contributed by atoms with van der Waals surface area (Å²) in [5.74, 6) is 0.751. The minimum absolute atomic E-state index is 0.0191. The molecule has 0 unspecified atom stereocenters. The molecule has 6 rings (SSSR count). The molecule has 250 valence electrons. The molecule has 0 bridgehead atoms. The Morgan fingerprint density at radius 1 is 0.735 bits per heavy atom. The van der Waals surface area contributed by atoms with E-state index < -0.39 is 15.7 Å². The van der Waals surface area contributed by atoms with Gasteiger partial charge in [0.2, 0.25) is 0 Å². The molecule has 5 aromatic carbocycles. The quantitative estimate of drug-likeness (QED) is 0.0978. The van der Waals surface area contributed by atoms with Crippen molar-refractivity contribution >= 4 is 10.1 Å². The monoisotopic (exact) mass is 670 g/mol. The normalized spacial score (nSPS) is 12.2. The third-order valence-corrected chi connectivity index (χ3v) is 10.3. The van der Waals surface area contributed by atoms with Gasteiger partial charge in [0.05, 0.1) is 23.5 Å². The average molecular weight is 671 g/mol. The van der Waals surface area contributed by atoms with Crippen molar-refractivity contribution in [2.24, 2.45) is 5.41 Å². The Balaban J connectivity index is 1.26. The number of hydrogen-bond donors (Lipinski definition) is 1. The summed E-state index contributed by atoms with van der Waals surface area (Å²) < 4.78 is 42.3. The van der Waals surface area contributed by atoms with Crippen LogP contribution in [-0.2, 0) is 22.1 Å². The number of hydrogen-bond acceptors (Lipinski definition) is 4. The van der Waals surface area contributed by atoms with Crippen molar-refractivity contribution < 1.29 is 17.7 Å². The first-order chi connectivity index (χ1) is 23.6. The van der Waals surface area contributed by atoms with E-state index in [-0.39, 0.29) is 10.3 Å². The molecule has 7 heteroatoms. The summed E-state index contributed by atoms with van der Waals surface area (Å²) in [6, 6.07) is 44.6. The van der Waals surface area contributed by atoms with Crippen LogP contribution in [0.1, 0.15) is 54.5 Å². The number of benzene rings is 5. The van der Waals surface area contributed by atoms with Crippen LogP contribution in [0.4, 0.5) is 0 Å². The molecule has 0 fully saturated rings. The van der Waals surface area contributed by atoms with E-state index in [1.165, 1.54) is 6.07 Å². The molecule has 0 atom stereocenters. The number of nitrogens with zero attached hydrogens (tertiary/aromatic N) is 2. The van der Waals surface area contributed by atoms with Crippen LogP contribution in [0, 0.1) is 12.3 Å². The summed E-state index contributed by atoms with van der Waals surface area (Å²) in [4.78, 5) is 4.94. The van der Waals surface area contributed by atoms with Crippen LogP contribution in [0.3, 0.4) is 0 Å². The summed E-state index contributed by atoms with van der Waals surface area (Å²) >= 11 is 0. The van der Waals surface area contributed by atoms with Crippen molar-refractivity contribution in [3.8, 4) is 17.0 Å². The molecule has 49 heavy (non-hydrogen) atoms. The molecule has 0 aliphatic carbocycles. The van der Waals surface area contributed by atoms with E-state index in [1.807, 2.05) is 61.8 Å². The number of aromatic nitrogens is 2. The standard InChI is InChI=1S/C42H42N2O4S/c1-32-23-24-40(49(45,46)47)33(29-32)25-26-41(2,3)27-28-48-39-22-14-13-21-37(39)38-30-44(31-43-38)42(34-15-7-4-8-16-34,35-17-9-5-10-18-35)36-19-11-6-12-20-36/h4-24,29-31H,25-28H2,1-3H3,(H,45,46,47). The van der Waals surface area contributed by atoms with Crippen molar-refractivity contribution in [3.63, 3.8) is 0 Å². The van der Waals surface area contributed by atoms with Gasteiger partial charge in [0, 0.05) is 11.8 Å². The SMILES string of the molecule is Cc1ccc(S(=O)(=O)O)c(CCC(C)(C)CCOc2ccccc2-c2cn(C(c3ccccc3)(c3ccccc3)c3ccccc3)cn2)c1. The van der Waals surface area contributed by atoms with Gasteiger partial charge >= 0.3 is 0 Å². The molecule has 0 amide bonds. The number of ether oxygens (including phenoxy) is 1. The topological polar surface area (TPSA) is 81.4 Å². The molecule has 0 aliphatic rings. The molecule has 0 spiro atoms. The third-order valence-electron chi connectivity index (χ3n) is 9.31. The van der Waals surface area contributed by atoms with Crippen LogP contribution in [0.15, 0.2) is 151 Å². The summed E-state index contributed by atoms with van der Waals surface area (Å²) in [6.07, 6.45) is 6.03. The van der Waals surface area contributed by atoms with Gasteiger partial charge in [-0.2, -0.15) is 8.42 Å². The Bertz CT molecular complexity index is 2010. The highest BCUT2D eigenvalue weighted by Gasteiger charge is 2.38. The molecule has 6 nitrogen and oxygen atoms in total. The molecule has 0 aliphatic heterocycles. The Kier molecular flexibility index (Phi) is 9.86. The molecular formula is C42H42N2O4S. The second-order valence-electron chi connectivity index (χ2n) is 13.3. The third kappa shape index (κ3) is 7.38. The van der Waals surface area contributed by atoms with Gasteiger partial charge in [0.15, 0.2) is 0 Å². The first kappa shape index (κ1) is 33.9. The van der Waals surface area contributed by atoms with Gasteiger partial charge in [0.1, 0.15) is 11.3 Å². The zero-order valence-electron chi connectivity index (χ0n) is 28.2. The van der Waals surface area contributed by atoms with Crippen molar-refractivity contribution in [1.29, 1.82) is 0 Å². The number of imidazole rings is 1. The van der Waals surface area contributed by atoms with E-state index >= 15 is 0 Å². The number of para-hydroxylation sites is 1. The van der Waals surface area contributed by atoms with Gasteiger partial charge in [-0.25, -0.2) is 4.98 Å². The minimum Gasteiger partial charge on any atom is -0.493 e. The van der Waals surface area contributed by atoms with E-state index in [0.29, 0.717) is 18.6 Å². The lowest BCUT2D eigenvalue weighted by molar-refractivity contribution is 0.217. The lowest BCUT2D eigenvalue weighted by atomic mass is 9.77. The first-order valence-electron chi connectivity index (χ1n) is 16.6. The van der Waals surface area contributed by atoms with Gasteiger partial charge in [0.25, 0.3) is 10.1 Å². The van der Waals surface area contributed by atoms with E-state index in [9.17, 15) is 13.0 Å². The van der Waals surface area contributed by atoms with Crippen LogP contribution in [0.5, 0.6) is 5.75 Å². The first-order valence-corrected chi connectivity index (χ1v) is 18.0. The second kappa shape index (κ2) is 14.2. The molecule has 1 heterocycles. The Morgan fingerprint density at radius 3 is 1.86 bits per heavy atom. The molecule has 1 aromatic heterocycles. The highest BCUT2D eigenvalue weighted by molar-refractivity contribution is 7.85. The fourth-order valence-electron chi connectivity index (χ4n) is 6.63. The summed E-state index contributed by atoms with van der Waals surface area (Å²) in [5.41, 5.74) is 5.86. The Morgan fingerprint density at radius 2 is 1.29 bits per heavy atom. The van der Waals surface area contributed by atoms with Crippen LogP contribution < -0.4 is 4.74 Å². The molecule has 0 saturated heterocycles. The van der Waals surface area contributed by atoms with E-state index in [2.05, 4.69) is 97.4 Å². The van der Waals surface area contributed by atoms with E-state index in [0.717, 1.165) is 52.1 Å². The predicted molar refractivity (Wildman–Crippen MR) is 195 cm³/mol. The van der Waals surface area contributed by atoms with Crippen molar-refractivity contribution in [1.82, 2.24) is 9.55 Å². The smallest absolute Gasteiger partial charge is 0.294 e. The Labute approximate surface area is 289 Å². The van der Waals surface area contributed by atoms with Crippen LogP contribution in [-0.4, -0.2) is 29.1 Å². The molecule has 1 N–H and O–H groups in total. The average Bonchev–Trinajstić information content (AvgIpc) is 3.59. The minimum atomic E-state index is -4.29. The van der Waals surface area contributed by atoms with Gasteiger partial charge in [-0.3, -0.25) is 4.55 Å². The van der Waals surface area contributed by atoms with Gasteiger partial charge in [-0.05, 0) is 72.1 Å². The van der Waals surface area contributed by atoms with Crippen LogP contribution in [0.25, 0.3) is 11.3 Å². The molecule has 6 aromatic rings. The lowest BCUT2D eigenvalue weighted by Crippen LogP contribution is -2.36. The van der Waals surface area contributed by atoms with Crippen molar-refractivity contribution in [2.75, 3.05) is 6.61 Å². The fourth-order valence-corrected chi connectivity index (χ4v) is 7.36. The zero-order valence-corrected chi connectivity index (χ0v) is 29.0. The predicted octanol–water partition coefficient (Wildman–Crippen LogP) is 9.37. The maximum Gasteiger partial charge on any atom is 0.294 e. The molecule has 0 radical (unpaired) electrons.